The summed E-state index contributed by atoms with van der Waals surface area (Å²) in [7, 11) is 0. The lowest BCUT2D eigenvalue weighted by molar-refractivity contribution is -0.715. The number of unbranched alkanes of at least 4 members (excludes halogenated alkanes) is 1. The number of benzene rings is 2. The predicted molar refractivity (Wildman–Crippen MR) is 126 cm³/mol. The number of aromatic hydroxyl groups is 1. The van der Waals surface area contributed by atoms with Gasteiger partial charge in [-0.15, -0.1) is 0 Å². The van der Waals surface area contributed by atoms with Gasteiger partial charge in [0, 0.05) is 18.4 Å². The first-order valence-corrected chi connectivity index (χ1v) is 11.9. The number of hydrogen-bond donors (Lipinski definition) is 1. The largest absolute Gasteiger partial charge is 0.459 e. The molecule has 0 bridgehead atoms. The molecule has 158 valence electrons. The minimum absolute atomic E-state index is 0.0569. The third-order valence-electron chi connectivity index (χ3n) is 6.31. The molecule has 4 heteroatoms. The number of rotatable bonds is 5. The second-order valence-electron chi connectivity index (χ2n) is 8.17. The van der Waals surface area contributed by atoms with Crippen LogP contribution in [0.15, 0.2) is 65.5 Å². The summed E-state index contributed by atoms with van der Waals surface area (Å²) in [5.74, 6) is 6.65. The molecule has 1 aliphatic rings. The summed E-state index contributed by atoms with van der Waals surface area (Å²) in [6.45, 7) is 2.96. The van der Waals surface area contributed by atoms with Crippen molar-refractivity contribution in [1.29, 1.82) is 0 Å². The molecule has 0 amide bonds. The third kappa shape index (κ3) is 4.43. The molecule has 1 unspecified atom stereocenters. The Kier molecular flexibility index (Phi) is 6.53. The summed E-state index contributed by atoms with van der Waals surface area (Å²) < 4.78 is 1.94. The van der Waals surface area contributed by atoms with Crippen LogP contribution in [0.4, 0.5) is 0 Å². The van der Waals surface area contributed by atoms with Gasteiger partial charge in [0.2, 0.25) is 5.01 Å². The molecule has 0 saturated heterocycles. The summed E-state index contributed by atoms with van der Waals surface area (Å²) in [6.07, 6.45) is 5.81. The van der Waals surface area contributed by atoms with Crippen molar-refractivity contribution in [3.63, 3.8) is 0 Å². The van der Waals surface area contributed by atoms with Crippen LogP contribution >= 0.6 is 11.3 Å². The summed E-state index contributed by atoms with van der Waals surface area (Å²) >= 11 is 1.32. The highest BCUT2D eigenvalue weighted by Crippen LogP contribution is 2.41. The van der Waals surface area contributed by atoms with Crippen LogP contribution in [-0.2, 0) is 12.0 Å². The van der Waals surface area contributed by atoms with Crippen molar-refractivity contribution in [1.82, 2.24) is 0 Å². The SMILES string of the molecule is CCC1(CCCC#Cc2ccccc2)CCC[n+]2c1sc(=O)c(-c1ccccc1)c2O. The van der Waals surface area contributed by atoms with Gasteiger partial charge in [0.05, 0.1) is 5.41 Å². The van der Waals surface area contributed by atoms with Crippen molar-refractivity contribution in [3.8, 4) is 28.8 Å². The van der Waals surface area contributed by atoms with E-state index in [1.807, 2.05) is 65.2 Å². The standard InChI is InChI=1S/C27H27NO2S/c1-2-27(18-11-5-8-15-21-13-6-3-7-14-21)19-12-20-28-24(29)23(25(30)31-26(27)28)22-16-9-4-10-17-22/h3-4,6-7,9-10,13-14,16-17H,2,5,11-12,18-20H2,1H3/p+1. The van der Waals surface area contributed by atoms with E-state index in [2.05, 4.69) is 18.8 Å². The van der Waals surface area contributed by atoms with E-state index in [4.69, 9.17) is 0 Å². The van der Waals surface area contributed by atoms with Crippen LogP contribution in [0.3, 0.4) is 0 Å². The summed E-state index contributed by atoms with van der Waals surface area (Å²) in [6, 6.07) is 19.6. The van der Waals surface area contributed by atoms with Gasteiger partial charge in [-0.3, -0.25) is 4.79 Å². The Bertz CT molecular complexity index is 1160. The van der Waals surface area contributed by atoms with Crippen LogP contribution in [-0.4, -0.2) is 5.11 Å². The quantitative estimate of drug-likeness (QED) is 0.333. The molecular formula is C27H28NO2S+. The van der Waals surface area contributed by atoms with Gasteiger partial charge in [-0.25, -0.2) is 0 Å². The molecule has 0 radical (unpaired) electrons. The van der Waals surface area contributed by atoms with Gasteiger partial charge >= 0.3 is 5.88 Å². The lowest BCUT2D eigenvalue weighted by Crippen LogP contribution is -2.50. The first kappa shape index (κ1) is 21.3. The van der Waals surface area contributed by atoms with E-state index in [-0.39, 0.29) is 16.0 Å². The fourth-order valence-electron chi connectivity index (χ4n) is 4.59. The zero-order chi connectivity index (χ0) is 21.7. The minimum atomic E-state index is -0.0663. The van der Waals surface area contributed by atoms with Crippen LogP contribution < -0.4 is 9.31 Å². The van der Waals surface area contributed by atoms with Crippen molar-refractivity contribution in [2.45, 2.75) is 57.4 Å². The molecular weight excluding hydrogens is 402 g/mol. The molecule has 3 aromatic rings. The zero-order valence-electron chi connectivity index (χ0n) is 17.9. The molecule has 0 saturated carbocycles. The summed E-state index contributed by atoms with van der Waals surface area (Å²) in [5.41, 5.74) is 2.18. The van der Waals surface area contributed by atoms with Gasteiger partial charge in [0.1, 0.15) is 0 Å². The second-order valence-corrected chi connectivity index (χ2v) is 9.13. The monoisotopic (exact) mass is 430 g/mol. The Morgan fingerprint density at radius 2 is 1.81 bits per heavy atom. The molecule has 3 nitrogen and oxygen atoms in total. The van der Waals surface area contributed by atoms with E-state index in [0.29, 0.717) is 5.56 Å². The lowest BCUT2D eigenvalue weighted by atomic mass is 9.75. The Labute approximate surface area is 188 Å². The topological polar surface area (TPSA) is 41.2 Å². The molecule has 0 fully saturated rings. The Hall–Kier alpha value is -2.90. The normalized spacial score (nSPS) is 17.5. The van der Waals surface area contributed by atoms with Crippen LogP contribution in [0.25, 0.3) is 11.1 Å². The molecule has 2 heterocycles. The average molecular weight is 431 g/mol. The number of nitrogens with zero attached hydrogens (tertiary/aromatic N) is 1. The molecule has 1 atom stereocenters. The number of fused-ring (bicyclic) bond motifs is 1. The Balaban J connectivity index is 1.60. The molecule has 1 N–H and O–H groups in total. The molecule has 1 aliphatic heterocycles. The summed E-state index contributed by atoms with van der Waals surface area (Å²) in [5, 5.41) is 12.1. The van der Waals surface area contributed by atoms with Crippen LogP contribution in [0, 0.1) is 11.8 Å². The van der Waals surface area contributed by atoms with Gasteiger partial charge in [0.25, 0.3) is 4.74 Å². The van der Waals surface area contributed by atoms with E-state index >= 15 is 0 Å². The maximum Gasteiger partial charge on any atom is 0.379 e. The highest BCUT2D eigenvalue weighted by molar-refractivity contribution is 7.09. The molecule has 0 aliphatic carbocycles. The smallest absolute Gasteiger partial charge is 0.379 e. The highest BCUT2D eigenvalue weighted by Gasteiger charge is 2.44. The second kappa shape index (κ2) is 9.49. The van der Waals surface area contributed by atoms with Crippen LogP contribution in [0.1, 0.15) is 56.0 Å². The number of hydrogen-bond acceptors (Lipinski definition) is 3. The van der Waals surface area contributed by atoms with E-state index in [1.165, 1.54) is 11.3 Å². The van der Waals surface area contributed by atoms with Crippen LogP contribution in [0.5, 0.6) is 5.88 Å². The zero-order valence-corrected chi connectivity index (χ0v) is 18.8. The fourth-order valence-corrected chi connectivity index (χ4v) is 5.93. The highest BCUT2D eigenvalue weighted by atomic mass is 32.1. The van der Waals surface area contributed by atoms with Gasteiger partial charge in [-0.05, 0) is 54.7 Å². The van der Waals surface area contributed by atoms with E-state index < -0.39 is 0 Å². The van der Waals surface area contributed by atoms with Crippen molar-refractivity contribution >= 4 is 11.3 Å². The van der Waals surface area contributed by atoms with Gasteiger partial charge in [-0.1, -0.05) is 67.3 Å². The van der Waals surface area contributed by atoms with E-state index in [9.17, 15) is 9.90 Å². The minimum Gasteiger partial charge on any atom is -0.459 e. The predicted octanol–water partition coefficient (Wildman–Crippen LogP) is 5.43. The molecule has 4 rings (SSSR count). The molecule has 2 aromatic carbocycles. The lowest BCUT2D eigenvalue weighted by Gasteiger charge is -2.32. The van der Waals surface area contributed by atoms with Crippen molar-refractivity contribution in [3.05, 3.63) is 80.8 Å². The summed E-state index contributed by atoms with van der Waals surface area (Å²) in [4.78, 5) is 13.1. The maximum absolute atomic E-state index is 13.1. The van der Waals surface area contributed by atoms with Gasteiger partial charge in [-0.2, -0.15) is 4.57 Å². The van der Waals surface area contributed by atoms with Crippen molar-refractivity contribution < 1.29 is 9.67 Å². The maximum atomic E-state index is 13.1. The molecule has 1 aromatic heterocycles. The first-order chi connectivity index (χ1) is 15.1. The fraction of sp³-hybridized carbons (Fsp3) is 0.333. The van der Waals surface area contributed by atoms with Crippen molar-refractivity contribution in [2.75, 3.05) is 0 Å². The van der Waals surface area contributed by atoms with E-state index in [0.717, 1.165) is 61.2 Å². The molecule has 0 spiro atoms. The van der Waals surface area contributed by atoms with Crippen molar-refractivity contribution in [2.24, 2.45) is 0 Å². The number of aromatic nitrogens is 1. The van der Waals surface area contributed by atoms with E-state index in [1.54, 1.807) is 0 Å². The van der Waals surface area contributed by atoms with Gasteiger partial charge in [0.15, 0.2) is 12.1 Å². The Morgan fingerprint density at radius 3 is 2.52 bits per heavy atom. The Morgan fingerprint density at radius 1 is 1.10 bits per heavy atom. The van der Waals surface area contributed by atoms with Gasteiger partial charge < -0.3 is 5.11 Å². The van der Waals surface area contributed by atoms with Crippen LogP contribution in [0.2, 0.25) is 0 Å². The third-order valence-corrected chi connectivity index (χ3v) is 7.55. The first-order valence-electron chi connectivity index (χ1n) is 11.0. The average Bonchev–Trinajstić information content (AvgIpc) is 2.81. The molecule has 31 heavy (non-hydrogen) atoms.